The predicted octanol–water partition coefficient (Wildman–Crippen LogP) is 13.9. The molecule has 274 valence electrons. The first-order valence-corrected chi connectivity index (χ1v) is 19.6. The molecule has 0 aliphatic heterocycles. The molecule has 0 saturated heterocycles. The molecular formula is C54H38N4. The maximum atomic E-state index is 10.6. The van der Waals surface area contributed by atoms with Gasteiger partial charge in [-0.05, 0) is 122 Å². The average Bonchev–Trinajstić information content (AvgIpc) is 3.75. The summed E-state index contributed by atoms with van der Waals surface area (Å²) in [4.78, 5) is 0. The molecule has 58 heavy (non-hydrogen) atoms. The van der Waals surface area contributed by atoms with E-state index < -0.39 is 0 Å². The maximum Gasteiger partial charge on any atom is 0.0998 e. The Morgan fingerprint density at radius 3 is 1.19 bits per heavy atom. The van der Waals surface area contributed by atoms with Gasteiger partial charge in [-0.2, -0.15) is 10.5 Å². The van der Waals surface area contributed by atoms with Gasteiger partial charge in [-0.1, -0.05) is 108 Å². The molecule has 0 radical (unpaired) electrons. The van der Waals surface area contributed by atoms with Crippen molar-refractivity contribution in [3.8, 4) is 56.9 Å². The molecule has 2 heterocycles. The third-order valence-electron chi connectivity index (χ3n) is 11.8. The number of fused-ring (bicyclic) bond motifs is 6. The second kappa shape index (κ2) is 13.5. The van der Waals surface area contributed by atoms with Crippen LogP contribution in [0.15, 0.2) is 158 Å². The zero-order valence-electron chi connectivity index (χ0n) is 32.8. The first kappa shape index (κ1) is 34.8. The minimum Gasteiger partial charge on any atom is -0.309 e. The molecule has 8 aromatic carbocycles. The van der Waals surface area contributed by atoms with Crippen LogP contribution in [0.5, 0.6) is 0 Å². The molecule has 4 heteroatoms. The molecule has 0 atom stereocenters. The van der Waals surface area contributed by atoms with Crippen LogP contribution in [0.4, 0.5) is 0 Å². The Morgan fingerprint density at radius 1 is 0.362 bits per heavy atom. The van der Waals surface area contributed by atoms with Gasteiger partial charge in [-0.15, -0.1) is 0 Å². The van der Waals surface area contributed by atoms with Crippen LogP contribution >= 0.6 is 0 Å². The lowest BCUT2D eigenvalue weighted by Gasteiger charge is -2.15. The van der Waals surface area contributed by atoms with Gasteiger partial charge in [0.2, 0.25) is 0 Å². The van der Waals surface area contributed by atoms with Gasteiger partial charge in [0.1, 0.15) is 0 Å². The summed E-state index contributed by atoms with van der Waals surface area (Å²) in [6.07, 6.45) is 0. The monoisotopic (exact) mass is 742 g/mol. The van der Waals surface area contributed by atoms with E-state index in [0.29, 0.717) is 22.3 Å². The standard InChI is InChI=1S/C54H38N4/c1-33-13-21-43(35(3)25-33)37-17-23-47-45-9-5-7-11-51(45)57(53(47)27-37)41-19-15-39(31-55)49(29-41)50-30-42(20-16-40(50)32-56)58-52-12-8-6-10-46(52)48-24-18-38(28-54(48)58)44-22-14-34(2)26-36(44)4/h5-30H,1-4H3. The number of nitriles is 2. The zero-order valence-corrected chi connectivity index (χ0v) is 32.8. The molecule has 0 aliphatic rings. The second-order valence-electron chi connectivity index (χ2n) is 15.5. The lowest BCUT2D eigenvalue weighted by atomic mass is 9.94. The molecule has 0 aliphatic carbocycles. The number of nitrogens with zero attached hydrogens (tertiary/aromatic N) is 4. The van der Waals surface area contributed by atoms with Crippen molar-refractivity contribution >= 4 is 43.6 Å². The number of para-hydroxylation sites is 2. The highest BCUT2D eigenvalue weighted by atomic mass is 15.0. The van der Waals surface area contributed by atoms with Gasteiger partial charge < -0.3 is 9.13 Å². The number of benzene rings is 8. The summed E-state index contributed by atoms with van der Waals surface area (Å²) in [6.45, 7) is 8.58. The summed E-state index contributed by atoms with van der Waals surface area (Å²) in [5, 5.41) is 25.8. The Balaban J connectivity index is 1.19. The molecule has 0 amide bonds. The minimum atomic E-state index is 0.508. The Kier molecular flexibility index (Phi) is 8.11. The molecular weight excluding hydrogens is 705 g/mol. The number of hydrogen-bond donors (Lipinski definition) is 0. The fourth-order valence-corrected chi connectivity index (χ4v) is 9.09. The van der Waals surface area contributed by atoms with Crippen LogP contribution in [-0.2, 0) is 0 Å². The van der Waals surface area contributed by atoms with Gasteiger partial charge in [0.15, 0.2) is 0 Å². The quantitative estimate of drug-likeness (QED) is 0.176. The van der Waals surface area contributed by atoms with Gasteiger partial charge >= 0.3 is 0 Å². The van der Waals surface area contributed by atoms with Crippen molar-refractivity contribution in [3.63, 3.8) is 0 Å². The molecule has 2 aromatic heterocycles. The lowest BCUT2D eigenvalue weighted by Crippen LogP contribution is -1.99. The molecule has 4 nitrogen and oxygen atoms in total. The van der Waals surface area contributed by atoms with Crippen LogP contribution in [-0.4, -0.2) is 9.13 Å². The van der Waals surface area contributed by atoms with E-state index in [1.807, 2.05) is 24.3 Å². The highest BCUT2D eigenvalue weighted by Gasteiger charge is 2.20. The van der Waals surface area contributed by atoms with Crippen molar-refractivity contribution in [3.05, 3.63) is 191 Å². The summed E-state index contributed by atoms with van der Waals surface area (Å²) < 4.78 is 4.58. The lowest BCUT2D eigenvalue weighted by molar-refractivity contribution is 1.17. The van der Waals surface area contributed by atoms with Crippen molar-refractivity contribution in [2.45, 2.75) is 27.7 Å². The van der Waals surface area contributed by atoms with Crippen LogP contribution in [0.25, 0.3) is 88.4 Å². The Hall–Kier alpha value is -7.66. The Bertz CT molecular complexity index is 3190. The van der Waals surface area contributed by atoms with Crippen LogP contribution in [0, 0.1) is 50.4 Å². The molecule has 0 fully saturated rings. The second-order valence-corrected chi connectivity index (χ2v) is 15.5. The summed E-state index contributed by atoms with van der Waals surface area (Å²) in [5.41, 5.74) is 18.2. The van der Waals surface area contributed by atoms with E-state index in [1.165, 1.54) is 33.4 Å². The van der Waals surface area contributed by atoms with E-state index in [2.05, 4.69) is 182 Å². The average molecular weight is 743 g/mol. The van der Waals surface area contributed by atoms with Gasteiger partial charge in [0.25, 0.3) is 0 Å². The highest BCUT2D eigenvalue weighted by molar-refractivity contribution is 6.11. The molecule has 10 rings (SSSR count). The van der Waals surface area contributed by atoms with Gasteiger partial charge in [0, 0.05) is 44.0 Å². The minimum absolute atomic E-state index is 0.508. The largest absolute Gasteiger partial charge is 0.309 e. The van der Waals surface area contributed by atoms with Gasteiger partial charge in [-0.25, -0.2) is 0 Å². The van der Waals surface area contributed by atoms with E-state index in [-0.39, 0.29) is 0 Å². The third-order valence-corrected chi connectivity index (χ3v) is 11.8. The van der Waals surface area contributed by atoms with Crippen LogP contribution in [0.2, 0.25) is 0 Å². The molecule has 0 bridgehead atoms. The van der Waals surface area contributed by atoms with Gasteiger partial charge in [-0.3, -0.25) is 0 Å². The fraction of sp³-hybridized carbons (Fsp3) is 0.0741. The van der Waals surface area contributed by atoms with Crippen molar-refractivity contribution in [2.75, 3.05) is 0 Å². The number of aromatic nitrogens is 2. The maximum absolute atomic E-state index is 10.6. The SMILES string of the molecule is Cc1ccc(-c2ccc3c4ccccc4n(-c4ccc(C#N)c(-c5cc(-n6c7ccccc7c7ccc(-c8ccc(C)cc8C)cc76)ccc5C#N)c4)c3c2)c(C)c1. The van der Waals surface area contributed by atoms with Crippen LogP contribution in [0.1, 0.15) is 33.4 Å². The zero-order chi connectivity index (χ0) is 39.7. The number of hydrogen-bond acceptors (Lipinski definition) is 2. The van der Waals surface area contributed by atoms with Crippen LogP contribution < -0.4 is 0 Å². The normalized spacial score (nSPS) is 11.4. The molecule has 0 saturated carbocycles. The topological polar surface area (TPSA) is 57.4 Å². The number of aryl methyl sites for hydroxylation is 4. The highest BCUT2D eigenvalue weighted by Crippen LogP contribution is 2.40. The molecule has 10 aromatic rings. The first-order valence-electron chi connectivity index (χ1n) is 19.6. The van der Waals surface area contributed by atoms with E-state index in [1.54, 1.807) is 0 Å². The smallest absolute Gasteiger partial charge is 0.0998 e. The van der Waals surface area contributed by atoms with E-state index in [0.717, 1.165) is 66.1 Å². The summed E-state index contributed by atoms with van der Waals surface area (Å²) in [5.74, 6) is 0. The summed E-state index contributed by atoms with van der Waals surface area (Å²) in [7, 11) is 0. The summed E-state index contributed by atoms with van der Waals surface area (Å²) in [6, 6.07) is 60.5. The summed E-state index contributed by atoms with van der Waals surface area (Å²) >= 11 is 0. The van der Waals surface area contributed by atoms with E-state index in [9.17, 15) is 10.5 Å². The van der Waals surface area contributed by atoms with Crippen molar-refractivity contribution in [1.82, 2.24) is 9.13 Å². The van der Waals surface area contributed by atoms with Crippen molar-refractivity contribution in [1.29, 1.82) is 10.5 Å². The predicted molar refractivity (Wildman–Crippen MR) is 240 cm³/mol. The van der Waals surface area contributed by atoms with E-state index in [4.69, 9.17) is 0 Å². The van der Waals surface area contributed by atoms with E-state index >= 15 is 0 Å². The van der Waals surface area contributed by atoms with Crippen molar-refractivity contribution < 1.29 is 0 Å². The first-order chi connectivity index (χ1) is 28.3. The molecule has 0 N–H and O–H groups in total. The Labute approximate surface area is 337 Å². The molecule has 0 unspecified atom stereocenters. The van der Waals surface area contributed by atoms with Crippen LogP contribution in [0.3, 0.4) is 0 Å². The number of rotatable bonds is 5. The van der Waals surface area contributed by atoms with Gasteiger partial charge in [0.05, 0.1) is 45.3 Å². The third kappa shape index (κ3) is 5.50. The van der Waals surface area contributed by atoms with Crippen molar-refractivity contribution in [2.24, 2.45) is 0 Å². The molecule has 0 spiro atoms. The fourth-order valence-electron chi connectivity index (χ4n) is 9.09. The Morgan fingerprint density at radius 2 is 0.776 bits per heavy atom.